The zero-order valence-electron chi connectivity index (χ0n) is 10.2. The first-order valence-electron chi connectivity index (χ1n) is 6.09. The first kappa shape index (κ1) is 11.8. The highest BCUT2D eigenvalue weighted by Gasteiger charge is 2.65. The van der Waals surface area contributed by atoms with Crippen molar-refractivity contribution in [3.63, 3.8) is 0 Å². The number of aliphatic carboxylic acids is 1. The Kier molecular flexibility index (Phi) is 2.39. The minimum Gasteiger partial charge on any atom is -0.496 e. The standard InChI is InChI=1S/C14H15ClO3/c1-18-11-3-2-9(15)6-10(11)14(12(16)17)7-13(8-14)4-5-13/h2-3,6H,4-5,7-8H2,1H3,(H,16,17). The van der Waals surface area contributed by atoms with Crippen LogP contribution in [0.2, 0.25) is 5.02 Å². The lowest BCUT2D eigenvalue weighted by Crippen LogP contribution is -2.49. The number of carboxylic acids is 1. The van der Waals surface area contributed by atoms with Crippen LogP contribution in [0.5, 0.6) is 5.75 Å². The Bertz CT molecular complexity index is 512. The molecule has 2 aliphatic carbocycles. The zero-order chi connectivity index (χ0) is 13.0. The van der Waals surface area contributed by atoms with Gasteiger partial charge >= 0.3 is 5.97 Å². The van der Waals surface area contributed by atoms with E-state index in [0.29, 0.717) is 29.0 Å². The summed E-state index contributed by atoms with van der Waals surface area (Å²) < 4.78 is 5.30. The molecule has 1 aromatic rings. The zero-order valence-corrected chi connectivity index (χ0v) is 11.0. The summed E-state index contributed by atoms with van der Waals surface area (Å²) in [5, 5.41) is 10.2. The smallest absolute Gasteiger partial charge is 0.314 e. The molecule has 1 aromatic carbocycles. The number of methoxy groups -OCH3 is 1. The summed E-state index contributed by atoms with van der Waals surface area (Å²) in [4.78, 5) is 11.7. The van der Waals surface area contributed by atoms with Crippen LogP contribution in [-0.2, 0) is 10.2 Å². The van der Waals surface area contributed by atoms with Crippen molar-refractivity contribution in [1.82, 2.24) is 0 Å². The number of hydrogen-bond donors (Lipinski definition) is 1. The fraction of sp³-hybridized carbons (Fsp3) is 0.500. The highest BCUT2D eigenvalue weighted by molar-refractivity contribution is 6.30. The Hall–Kier alpha value is -1.22. The minimum absolute atomic E-state index is 0.297. The summed E-state index contributed by atoms with van der Waals surface area (Å²) in [6.07, 6.45) is 3.74. The van der Waals surface area contributed by atoms with Gasteiger partial charge in [-0.25, -0.2) is 0 Å². The number of hydrogen-bond acceptors (Lipinski definition) is 2. The molecule has 0 aliphatic heterocycles. The second-order valence-electron chi connectivity index (χ2n) is 5.59. The monoisotopic (exact) mass is 266 g/mol. The van der Waals surface area contributed by atoms with Crippen molar-refractivity contribution in [3.05, 3.63) is 28.8 Å². The molecule has 3 nitrogen and oxygen atoms in total. The third-order valence-electron chi connectivity index (χ3n) is 4.40. The number of rotatable bonds is 3. The van der Waals surface area contributed by atoms with Crippen LogP contribution in [0.1, 0.15) is 31.2 Å². The second-order valence-corrected chi connectivity index (χ2v) is 6.02. The van der Waals surface area contributed by atoms with E-state index in [0.717, 1.165) is 18.4 Å². The average molecular weight is 267 g/mol. The van der Waals surface area contributed by atoms with Gasteiger partial charge in [-0.05, 0) is 49.3 Å². The number of carboxylic acid groups (broad SMARTS) is 1. The molecule has 0 aromatic heterocycles. The third-order valence-corrected chi connectivity index (χ3v) is 4.63. The number of halogens is 1. The van der Waals surface area contributed by atoms with Gasteiger partial charge in [0, 0.05) is 10.6 Å². The molecule has 3 rings (SSSR count). The van der Waals surface area contributed by atoms with Crippen molar-refractivity contribution in [1.29, 1.82) is 0 Å². The first-order chi connectivity index (χ1) is 8.51. The van der Waals surface area contributed by atoms with Gasteiger partial charge in [-0.3, -0.25) is 4.79 Å². The van der Waals surface area contributed by atoms with Crippen LogP contribution in [-0.4, -0.2) is 18.2 Å². The van der Waals surface area contributed by atoms with Crippen molar-refractivity contribution in [2.75, 3.05) is 7.11 Å². The Morgan fingerprint density at radius 2 is 2.06 bits per heavy atom. The molecule has 4 heteroatoms. The SMILES string of the molecule is COc1ccc(Cl)cc1C1(C(=O)O)CC2(CC2)C1. The maximum atomic E-state index is 11.7. The number of carbonyl (C=O) groups is 1. The Balaban J connectivity index is 2.05. The summed E-state index contributed by atoms with van der Waals surface area (Å²) in [6.45, 7) is 0. The van der Waals surface area contributed by atoms with E-state index < -0.39 is 11.4 Å². The van der Waals surface area contributed by atoms with Crippen LogP contribution in [0.4, 0.5) is 0 Å². The molecule has 2 fully saturated rings. The molecular weight excluding hydrogens is 252 g/mol. The van der Waals surface area contributed by atoms with Crippen molar-refractivity contribution in [3.8, 4) is 5.75 Å². The van der Waals surface area contributed by atoms with E-state index in [4.69, 9.17) is 16.3 Å². The van der Waals surface area contributed by atoms with E-state index in [9.17, 15) is 9.90 Å². The van der Waals surface area contributed by atoms with E-state index in [-0.39, 0.29) is 0 Å². The van der Waals surface area contributed by atoms with Crippen molar-refractivity contribution in [2.45, 2.75) is 31.1 Å². The van der Waals surface area contributed by atoms with Gasteiger partial charge < -0.3 is 9.84 Å². The van der Waals surface area contributed by atoms with E-state index in [2.05, 4.69) is 0 Å². The molecule has 0 heterocycles. The van der Waals surface area contributed by atoms with Gasteiger partial charge in [0.1, 0.15) is 5.75 Å². The molecule has 0 unspecified atom stereocenters. The summed E-state index contributed by atoms with van der Waals surface area (Å²) in [7, 11) is 1.56. The molecular formula is C14H15ClO3. The molecule has 1 spiro atoms. The minimum atomic E-state index is -0.799. The van der Waals surface area contributed by atoms with Crippen LogP contribution < -0.4 is 4.74 Å². The van der Waals surface area contributed by atoms with Crippen molar-refractivity contribution in [2.24, 2.45) is 5.41 Å². The number of ether oxygens (including phenoxy) is 1. The lowest BCUT2D eigenvalue weighted by molar-refractivity contribution is -0.150. The summed E-state index contributed by atoms with van der Waals surface area (Å²) in [5.74, 6) is -0.141. The molecule has 1 N–H and O–H groups in total. The lowest BCUT2D eigenvalue weighted by atomic mass is 9.56. The van der Waals surface area contributed by atoms with Gasteiger partial charge in [0.25, 0.3) is 0 Å². The normalized spacial score (nSPS) is 22.3. The maximum absolute atomic E-state index is 11.7. The number of benzene rings is 1. The second kappa shape index (κ2) is 3.64. The van der Waals surface area contributed by atoms with E-state index in [1.165, 1.54) is 0 Å². The average Bonchev–Trinajstić information content (AvgIpc) is 3.06. The Morgan fingerprint density at radius 1 is 1.39 bits per heavy atom. The van der Waals surface area contributed by atoms with E-state index in [1.807, 2.05) is 0 Å². The van der Waals surface area contributed by atoms with Crippen molar-refractivity contribution < 1.29 is 14.6 Å². The summed E-state index contributed by atoms with van der Waals surface area (Å²) in [5.41, 5.74) is 0.223. The maximum Gasteiger partial charge on any atom is 0.314 e. The topological polar surface area (TPSA) is 46.5 Å². The van der Waals surface area contributed by atoms with Crippen LogP contribution in [0.15, 0.2) is 18.2 Å². The summed E-state index contributed by atoms with van der Waals surface area (Å²) >= 11 is 6.00. The highest BCUT2D eigenvalue weighted by atomic mass is 35.5. The fourth-order valence-corrected chi connectivity index (χ4v) is 3.44. The predicted molar refractivity (Wildman–Crippen MR) is 68.2 cm³/mol. The highest BCUT2D eigenvalue weighted by Crippen LogP contribution is 2.69. The predicted octanol–water partition coefficient (Wildman–Crippen LogP) is 3.25. The fourth-order valence-electron chi connectivity index (χ4n) is 3.27. The van der Waals surface area contributed by atoms with Crippen LogP contribution in [0, 0.1) is 5.41 Å². The summed E-state index contributed by atoms with van der Waals surface area (Å²) in [6, 6.07) is 5.22. The molecule has 0 saturated heterocycles. The quantitative estimate of drug-likeness (QED) is 0.914. The van der Waals surface area contributed by atoms with Crippen LogP contribution in [0.3, 0.4) is 0 Å². The molecule has 18 heavy (non-hydrogen) atoms. The Morgan fingerprint density at radius 3 is 2.56 bits per heavy atom. The largest absolute Gasteiger partial charge is 0.496 e. The van der Waals surface area contributed by atoms with Gasteiger partial charge in [-0.15, -0.1) is 0 Å². The molecule has 0 bridgehead atoms. The molecule has 2 saturated carbocycles. The first-order valence-corrected chi connectivity index (χ1v) is 6.47. The van der Waals surface area contributed by atoms with Crippen LogP contribution in [0.25, 0.3) is 0 Å². The van der Waals surface area contributed by atoms with Gasteiger partial charge in [-0.2, -0.15) is 0 Å². The van der Waals surface area contributed by atoms with Crippen LogP contribution >= 0.6 is 11.6 Å². The van der Waals surface area contributed by atoms with E-state index >= 15 is 0 Å². The van der Waals surface area contributed by atoms with E-state index in [1.54, 1.807) is 25.3 Å². The Labute approximate surface area is 111 Å². The van der Waals surface area contributed by atoms with Gasteiger partial charge in [0.15, 0.2) is 0 Å². The molecule has 0 amide bonds. The molecule has 0 radical (unpaired) electrons. The lowest BCUT2D eigenvalue weighted by Gasteiger charge is -2.46. The van der Waals surface area contributed by atoms with Gasteiger partial charge in [-0.1, -0.05) is 11.6 Å². The van der Waals surface area contributed by atoms with Crippen molar-refractivity contribution >= 4 is 17.6 Å². The van der Waals surface area contributed by atoms with Gasteiger partial charge in [0.05, 0.1) is 12.5 Å². The van der Waals surface area contributed by atoms with Gasteiger partial charge in [0.2, 0.25) is 0 Å². The molecule has 2 aliphatic rings. The third kappa shape index (κ3) is 1.53. The molecule has 96 valence electrons. The molecule has 0 atom stereocenters.